The van der Waals surface area contributed by atoms with Crippen molar-refractivity contribution >= 4 is 11.7 Å². The summed E-state index contributed by atoms with van der Waals surface area (Å²) < 4.78 is 5.12. The number of ether oxygens (including phenoxy) is 1. The number of nitrogens with one attached hydrogen (secondary N) is 2. The van der Waals surface area contributed by atoms with Gasteiger partial charge in [-0.1, -0.05) is 78.9 Å². The van der Waals surface area contributed by atoms with Crippen molar-refractivity contribution in [2.24, 2.45) is 0 Å². The first-order valence-electron chi connectivity index (χ1n) is 9.38. The maximum atomic E-state index is 12.1. The van der Waals surface area contributed by atoms with Crippen molar-refractivity contribution in [3.8, 4) is 0 Å². The summed E-state index contributed by atoms with van der Waals surface area (Å²) in [6.45, 7) is 2.13. The Hall–Kier alpha value is -3.53. The Morgan fingerprint density at radius 2 is 1.46 bits per heavy atom. The molecule has 0 bridgehead atoms. The van der Waals surface area contributed by atoms with Crippen molar-refractivity contribution in [3.63, 3.8) is 0 Å². The third kappa shape index (κ3) is 3.14. The first-order valence-corrected chi connectivity index (χ1v) is 9.38. The molecule has 2 N–H and O–H groups in total. The number of para-hydroxylation sites is 1. The SMILES string of the molecule is CCOC(=O)C=C1Nc2ccccc2C(c2ccccc2)(c2ccccc2)N1. The number of rotatable bonds is 4. The van der Waals surface area contributed by atoms with E-state index in [0.29, 0.717) is 12.4 Å². The number of hydrogen-bond donors (Lipinski definition) is 2. The van der Waals surface area contributed by atoms with Crippen LogP contribution in [0.25, 0.3) is 0 Å². The van der Waals surface area contributed by atoms with E-state index < -0.39 is 5.54 Å². The lowest BCUT2D eigenvalue weighted by atomic mass is 9.75. The molecule has 0 atom stereocenters. The summed E-state index contributed by atoms with van der Waals surface area (Å²) in [6.07, 6.45) is 1.47. The molecule has 4 nitrogen and oxygen atoms in total. The van der Waals surface area contributed by atoms with E-state index >= 15 is 0 Å². The second-order valence-corrected chi connectivity index (χ2v) is 6.59. The molecule has 1 heterocycles. The van der Waals surface area contributed by atoms with E-state index in [2.05, 4.69) is 41.0 Å². The van der Waals surface area contributed by atoms with E-state index in [9.17, 15) is 4.79 Å². The van der Waals surface area contributed by atoms with E-state index in [-0.39, 0.29) is 5.97 Å². The molecule has 0 saturated carbocycles. The smallest absolute Gasteiger partial charge is 0.334 e. The molecule has 1 aliphatic rings. The van der Waals surface area contributed by atoms with Crippen LogP contribution in [0.15, 0.2) is 96.8 Å². The number of hydrogen-bond acceptors (Lipinski definition) is 4. The van der Waals surface area contributed by atoms with Gasteiger partial charge in [-0.15, -0.1) is 0 Å². The van der Waals surface area contributed by atoms with Crippen LogP contribution in [0.4, 0.5) is 5.69 Å². The quantitative estimate of drug-likeness (QED) is 0.528. The van der Waals surface area contributed by atoms with Crippen LogP contribution < -0.4 is 10.6 Å². The maximum Gasteiger partial charge on any atom is 0.334 e. The lowest BCUT2D eigenvalue weighted by Crippen LogP contribution is -2.49. The molecule has 4 heteroatoms. The number of anilines is 1. The van der Waals surface area contributed by atoms with Crippen molar-refractivity contribution in [2.75, 3.05) is 11.9 Å². The largest absolute Gasteiger partial charge is 0.463 e. The van der Waals surface area contributed by atoms with Gasteiger partial charge in [0.05, 0.1) is 12.7 Å². The number of benzene rings is 3. The molecule has 1 aliphatic heterocycles. The van der Waals surface area contributed by atoms with Gasteiger partial charge in [0.2, 0.25) is 0 Å². The van der Waals surface area contributed by atoms with Gasteiger partial charge in [-0.3, -0.25) is 0 Å². The lowest BCUT2D eigenvalue weighted by Gasteiger charge is -2.43. The highest BCUT2D eigenvalue weighted by Gasteiger charge is 2.41. The number of esters is 1. The van der Waals surface area contributed by atoms with Gasteiger partial charge in [0.15, 0.2) is 0 Å². The van der Waals surface area contributed by atoms with Gasteiger partial charge < -0.3 is 15.4 Å². The first-order chi connectivity index (χ1) is 13.7. The van der Waals surface area contributed by atoms with E-state index in [0.717, 1.165) is 22.4 Å². The highest BCUT2D eigenvalue weighted by molar-refractivity contribution is 5.84. The predicted molar refractivity (Wildman–Crippen MR) is 111 cm³/mol. The van der Waals surface area contributed by atoms with Gasteiger partial charge in [0, 0.05) is 11.3 Å². The fraction of sp³-hybridized carbons (Fsp3) is 0.125. The van der Waals surface area contributed by atoms with E-state index in [1.807, 2.05) is 54.6 Å². The predicted octanol–water partition coefficient (Wildman–Crippen LogP) is 4.40. The Balaban J connectivity index is 1.97. The minimum atomic E-state index is -0.636. The van der Waals surface area contributed by atoms with E-state index in [4.69, 9.17) is 4.74 Å². The molecule has 4 rings (SSSR count). The van der Waals surface area contributed by atoms with Crippen LogP contribution in [0.5, 0.6) is 0 Å². The topological polar surface area (TPSA) is 50.4 Å². The molecule has 0 amide bonds. The maximum absolute atomic E-state index is 12.1. The highest BCUT2D eigenvalue weighted by Crippen LogP contribution is 2.43. The van der Waals surface area contributed by atoms with Crippen LogP contribution in [0.3, 0.4) is 0 Å². The van der Waals surface area contributed by atoms with Crippen molar-refractivity contribution in [1.29, 1.82) is 0 Å². The molecule has 0 unspecified atom stereocenters. The van der Waals surface area contributed by atoms with Crippen LogP contribution in [0, 0.1) is 0 Å². The van der Waals surface area contributed by atoms with Crippen molar-refractivity contribution in [2.45, 2.75) is 12.5 Å². The summed E-state index contributed by atoms with van der Waals surface area (Å²) in [6, 6.07) is 28.7. The Labute approximate surface area is 164 Å². The normalized spacial score (nSPS) is 15.8. The van der Waals surface area contributed by atoms with Gasteiger partial charge in [-0.05, 0) is 24.1 Å². The second-order valence-electron chi connectivity index (χ2n) is 6.59. The summed E-state index contributed by atoms with van der Waals surface area (Å²) in [5, 5.41) is 6.92. The molecular weight excluding hydrogens is 348 g/mol. The average Bonchev–Trinajstić information content (AvgIpc) is 2.74. The Morgan fingerprint density at radius 1 is 0.893 bits per heavy atom. The zero-order valence-electron chi connectivity index (χ0n) is 15.7. The van der Waals surface area contributed by atoms with Gasteiger partial charge in [-0.25, -0.2) is 4.79 Å². The van der Waals surface area contributed by atoms with Crippen molar-refractivity contribution in [3.05, 3.63) is 114 Å². The summed E-state index contributed by atoms with van der Waals surface area (Å²) in [5.74, 6) is 0.219. The fourth-order valence-electron chi connectivity index (χ4n) is 3.74. The highest BCUT2D eigenvalue weighted by atomic mass is 16.5. The number of carbonyl (C=O) groups is 1. The van der Waals surface area contributed by atoms with Gasteiger partial charge >= 0.3 is 5.97 Å². The zero-order valence-corrected chi connectivity index (χ0v) is 15.7. The Kier molecular flexibility index (Phi) is 4.85. The van der Waals surface area contributed by atoms with Crippen molar-refractivity contribution < 1.29 is 9.53 Å². The van der Waals surface area contributed by atoms with Crippen LogP contribution in [-0.4, -0.2) is 12.6 Å². The van der Waals surface area contributed by atoms with Crippen molar-refractivity contribution in [1.82, 2.24) is 5.32 Å². The van der Waals surface area contributed by atoms with Gasteiger partial charge in [0.1, 0.15) is 11.4 Å². The average molecular weight is 370 g/mol. The molecule has 0 aliphatic carbocycles. The first kappa shape index (κ1) is 17.9. The lowest BCUT2D eigenvalue weighted by molar-refractivity contribution is -0.137. The fourth-order valence-corrected chi connectivity index (χ4v) is 3.74. The third-order valence-electron chi connectivity index (χ3n) is 4.88. The molecule has 140 valence electrons. The van der Waals surface area contributed by atoms with Gasteiger partial charge in [0.25, 0.3) is 0 Å². The third-order valence-corrected chi connectivity index (χ3v) is 4.88. The van der Waals surface area contributed by atoms with Gasteiger partial charge in [-0.2, -0.15) is 0 Å². The zero-order chi connectivity index (χ0) is 19.4. The van der Waals surface area contributed by atoms with Crippen LogP contribution in [-0.2, 0) is 15.1 Å². The van der Waals surface area contributed by atoms with Crippen LogP contribution in [0.2, 0.25) is 0 Å². The molecule has 28 heavy (non-hydrogen) atoms. The number of carbonyl (C=O) groups excluding carboxylic acids is 1. The van der Waals surface area contributed by atoms with E-state index in [1.165, 1.54) is 6.08 Å². The molecule has 3 aromatic rings. The minimum absolute atomic E-state index is 0.335. The molecule has 0 fully saturated rings. The second kappa shape index (κ2) is 7.61. The Bertz CT molecular complexity index is 958. The summed E-state index contributed by atoms with van der Waals surface area (Å²) in [7, 11) is 0. The summed E-state index contributed by atoms with van der Waals surface area (Å²) >= 11 is 0. The molecule has 0 aromatic heterocycles. The van der Waals surface area contributed by atoms with Crippen LogP contribution in [0.1, 0.15) is 23.6 Å². The van der Waals surface area contributed by atoms with E-state index in [1.54, 1.807) is 6.92 Å². The molecule has 3 aromatic carbocycles. The molecule has 0 radical (unpaired) electrons. The summed E-state index contributed by atoms with van der Waals surface area (Å²) in [4.78, 5) is 12.1. The minimum Gasteiger partial charge on any atom is -0.463 e. The molecule has 0 spiro atoms. The standard InChI is InChI=1S/C24H22N2O2/c1-2-28-23(27)17-22-25-21-16-10-9-15-20(21)24(26-22,18-11-5-3-6-12-18)19-13-7-4-8-14-19/h3-17,25-26H,2H2,1H3. The Morgan fingerprint density at radius 3 is 2.07 bits per heavy atom. The number of fused-ring (bicyclic) bond motifs is 1. The molecule has 0 saturated heterocycles. The summed E-state index contributed by atoms with van der Waals surface area (Å²) in [5.41, 5.74) is 3.58. The monoisotopic (exact) mass is 370 g/mol. The molecular formula is C24H22N2O2. The van der Waals surface area contributed by atoms with Crippen LogP contribution >= 0.6 is 0 Å².